The topological polar surface area (TPSA) is 96.2 Å². The SMILES string of the molecule is CNC(=O)c1ccc(N)c(NCC2CCC(=O)N2)c1. The highest BCUT2D eigenvalue weighted by molar-refractivity contribution is 5.96. The van der Waals surface area contributed by atoms with Crippen molar-refractivity contribution in [3.63, 3.8) is 0 Å². The molecule has 0 aromatic heterocycles. The minimum absolute atomic E-state index is 0.0823. The van der Waals surface area contributed by atoms with E-state index in [0.717, 1.165) is 6.42 Å². The zero-order valence-corrected chi connectivity index (χ0v) is 10.8. The van der Waals surface area contributed by atoms with Gasteiger partial charge in [0.1, 0.15) is 0 Å². The summed E-state index contributed by atoms with van der Waals surface area (Å²) in [4.78, 5) is 22.6. The summed E-state index contributed by atoms with van der Waals surface area (Å²) in [6, 6.07) is 5.21. The van der Waals surface area contributed by atoms with Crippen LogP contribution in [0.2, 0.25) is 0 Å². The van der Waals surface area contributed by atoms with E-state index in [4.69, 9.17) is 5.73 Å². The Morgan fingerprint density at radius 2 is 2.32 bits per heavy atom. The van der Waals surface area contributed by atoms with E-state index in [2.05, 4.69) is 16.0 Å². The van der Waals surface area contributed by atoms with Gasteiger partial charge in [-0.25, -0.2) is 0 Å². The average molecular weight is 262 g/mol. The number of nitrogen functional groups attached to an aromatic ring is 1. The second-order valence-electron chi connectivity index (χ2n) is 4.57. The fourth-order valence-corrected chi connectivity index (χ4v) is 2.06. The average Bonchev–Trinajstić information content (AvgIpc) is 2.82. The summed E-state index contributed by atoms with van der Waals surface area (Å²) in [7, 11) is 1.58. The van der Waals surface area contributed by atoms with Crippen LogP contribution in [0, 0.1) is 0 Å². The van der Waals surface area contributed by atoms with Crippen LogP contribution in [0.1, 0.15) is 23.2 Å². The maximum absolute atomic E-state index is 11.5. The number of hydrogen-bond acceptors (Lipinski definition) is 4. The molecule has 1 saturated heterocycles. The van der Waals surface area contributed by atoms with Crippen LogP contribution in [-0.4, -0.2) is 31.4 Å². The Hall–Kier alpha value is -2.24. The summed E-state index contributed by atoms with van der Waals surface area (Å²) >= 11 is 0. The predicted molar refractivity (Wildman–Crippen MR) is 73.9 cm³/mol. The van der Waals surface area contributed by atoms with E-state index >= 15 is 0 Å². The van der Waals surface area contributed by atoms with Gasteiger partial charge in [-0.3, -0.25) is 9.59 Å². The van der Waals surface area contributed by atoms with Gasteiger partial charge < -0.3 is 21.7 Å². The highest BCUT2D eigenvalue weighted by atomic mass is 16.2. The lowest BCUT2D eigenvalue weighted by Crippen LogP contribution is -2.32. The van der Waals surface area contributed by atoms with E-state index < -0.39 is 0 Å². The van der Waals surface area contributed by atoms with E-state index in [1.165, 1.54) is 0 Å². The molecule has 1 heterocycles. The molecule has 1 aliphatic heterocycles. The molecule has 1 atom stereocenters. The van der Waals surface area contributed by atoms with Crippen LogP contribution in [0.4, 0.5) is 11.4 Å². The van der Waals surface area contributed by atoms with Gasteiger partial charge in [-0.2, -0.15) is 0 Å². The van der Waals surface area contributed by atoms with Crippen LogP contribution >= 0.6 is 0 Å². The molecule has 0 radical (unpaired) electrons. The molecule has 1 fully saturated rings. The van der Waals surface area contributed by atoms with Crippen molar-refractivity contribution in [3.8, 4) is 0 Å². The van der Waals surface area contributed by atoms with Gasteiger partial charge in [0.25, 0.3) is 5.91 Å². The Morgan fingerprint density at radius 3 is 2.95 bits per heavy atom. The number of nitrogens with one attached hydrogen (secondary N) is 3. The molecule has 0 bridgehead atoms. The maximum atomic E-state index is 11.5. The molecule has 0 saturated carbocycles. The number of carbonyl (C=O) groups is 2. The second-order valence-corrected chi connectivity index (χ2v) is 4.57. The quantitative estimate of drug-likeness (QED) is 0.587. The molecule has 2 amide bonds. The van der Waals surface area contributed by atoms with Gasteiger partial charge in [-0.15, -0.1) is 0 Å². The lowest BCUT2D eigenvalue weighted by molar-refractivity contribution is -0.119. The van der Waals surface area contributed by atoms with Crippen molar-refractivity contribution in [2.24, 2.45) is 0 Å². The van der Waals surface area contributed by atoms with Gasteiger partial charge in [0.05, 0.1) is 11.4 Å². The molecule has 0 aliphatic carbocycles. The van der Waals surface area contributed by atoms with E-state index in [0.29, 0.717) is 29.9 Å². The Bertz CT molecular complexity index is 501. The summed E-state index contributed by atoms with van der Waals surface area (Å²) in [5, 5.41) is 8.61. The van der Waals surface area contributed by atoms with Crippen LogP contribution in [-0.2, 0) is 4.79 Å². The number of nitrogens with two attached hydrogens (primary N) is 1. The van der Waals surface area contributed by atoms with Crippen molar-refractivity contribution in [2.75, 3.05) is 24.6 Å². The molecule has 6 heteroatoms. The van der Waals surface area contributed by atoms with Gasteiger partial charge in [0, 0.05) is 31.6 Å². The van der Waals surface area contributed by atoms with Gasteiger partial charge >= 0.3 is 0 Å². The summed E-state index contributed by atoms with van der Waals surface area (Å²) in [5.41, 5.74) is 7.70. The third-order valence-corrected chi connectivity index (χ3v) is 3.17. The van der Waals surface area contributed by atoms with Gasteiger partial charge in [-0.05, 0) is 24.6 Å². The molecular weight excluding hydrogens is 244 g/mol. The first kappa shape index (κ1) is 13.2. The highest BCUT2D eigenvalue weighted by Gasteiger charge is 2.20. The molecule has 1 aromatic carbocycles. The van der Waals surface area contributed by atoms with Crippen LogP contribution in [0.3, 0.4) is 0 Å². The predicted octanol–water partition coefficient (Wildman–Crippen LogP) is 0.319. The number of anilines is 2. The fraction of sp³-hybridized carbons (Fsp3) is 0.385. The summed E-state index contributed by atoms with van der Waals surface area (Å²) in [6.45, 7) is 0.604. The number of rotatable bonds is 4. The van der Waals surface area contributed by atoms with E-state index in [9.17, 15) is 9.59 Å². The first-order valence-corrected chi connectivity index (χ1v) is 6.25. The summed E-state index contributed by atoms with van der Waals surface area (Å²) in [5.74, 6) is -0.0731. The molecule has 1 aliphatic rings. The highest BCUT2D eigenvalue weighted by Crippen LogP contribution is 2.20. The van der Waals surface area contributed by atoms with Crippen LogP contribution in [0.15, 0.2) is 18.2 Å². The second kappa shape index (κ2) is 5.60. The Kier molecular flexibility index (Phi) is 3.89. The minimum Gasteiger partial charge on any atom is -0.397 e. The molecule has 102 valence electrons. The minimum atomic E-state index is -0.155. The van der Waals surface area contributed by atoms with Gasteiger partial charge in [0.15, 0.2) is 0 Å². The van der Waals surface area contributed by atoms with Crippen molar-refractivity contribution >= 4 is 23.2 Å². The number of amides is 2. The monoisotopic (exact) mass is 262 g/mol. The number of hydrogen-bond donors (Lipinski definition) is 4. The van der Waals surface area contributed by atoms with Gasteiger partial charge in [-0.1, -0.05) is 0 Å². The molecule has 6 nitrogen and oxygen atoms in total. The molecule has 1 aromatic rings. The zero-order chi connectivity index (χ0) is 13.8. The third kappa shape index (κ3) is 3.15. The molecule has 1 unspecified atom stereocenters. The molecular formula is C13H18N4O2. The Morgan fingerprint density at radius 1 is 1.53 bits per heavy atom. The Labute approximate surface area is 111 Å². The molecule has 19 heavy (non-hydrogen) atoms. The fourth-order valence-electron chi connectivity index (χ4n) is 2.06. The van der Waals surface area contributed by atoms with E-state index in [-0.39, 0.29) is 17.9 Å². The van der Waals surface area contributed by atoms with Crippen LogP contribution in [0.25, 0.3) is 0 Å². The zero-order valence-electron chi connectivity index (χ0n) is 10.8. The molecule has 5 N–H and O–H groups in total. The maximum Gasteiger partial charge on any atom is 0.251 e. The van der Waals surface area contributed by atoms with Crippen LogP contribution < -0.4 is 21.7 Å². The van der Waals surface area contributed by atoms with Crippen molar-refractivity contribution < 1.29 is 9.59 Å². The van der Waals surface area contributed by atoms with Crippen LogP contribution in [0.5, 0.6) is 0 Å². The number of carbonyl (C=O) groups excluding carboxylic acids is 2. The first-order chi connectivity index (χ1) is 9.10. The normalized spacial score (nSPS) is 17.9. The molecule has 0 spiro atoms. The van der Waals surface area contributed by atoms with Crippen molar-refractivity contribution in [3.05, 3.63) is 23.8 Å². The van der Waals surface area contributed by atoms with Crippen molar-refractivity contribution in [2.45, 2.75) is 18.9 Å². The molecule has 2 rings (SSSR count). The van der Waals surface area contributed by atoms with Gasteiger partial charge in [0.2, 0.25) is 5.91 Å². The first-order valence-electron chi connectivity index (χ1n) is 6.25. The Balaban J connectivity index is 2.02. The van der Waals surface area contributed by atoms with Crippen molar-refractivity contribution in [1.29, 1.82) is 0 Å². The summed E-state index contributed by atoms with van der Waals surface area (Å²) in [6.07, 6.45) is 1.39. The smallest absolute Gasteiger partial charge is 0.251 e. The van der Waals surface area contributed by atoms with Crippen molar-refractivity contribution in [1.82, 2.24) is 10.6 Å². The third-order valence-electron chi connectivity index (χ3n) is 3.17. The summed E-state index contributed by atoms with van der Waals surface area (Å²) < 4.78 is 0. The van der Waals surface area contributed by atoms with E-state index in [1.54, 1.807) is 25.2 Å². The lowest BCUT2D eigenvalue weighted by Gasteiger charge is -2.14. The standard InChI is InChI=1S/C13H18N4O2/c1-15-13(19)8-2-4-10(14)11(6-8)16-7-9-3-5-12(18)17-9/h2,4,6,9,16H,3,5,7,14H2,1H3,(H,15,19)(H,17,18). The largest absolute Gasteiger partial charge is 0.397 e. The van der Waals surface area contributed by atoms with E-state index in [1.807, 2.05) is 0 Å². The lowest BCUT2D eigenvalue weighted by atomic mass is 10.1. The number of benzene rings is 1.